The van der Waals surface area contributed by atoms with E-state index in [1.807, 2.05) is 0 Å². The molecule has 0 spiro atoms. The van der Waals surface area contributed by atoms with Crippen molar-refractivity contribution in [2.75, 3.05) is 19.5 Å². The van der Waals surface area contributed by atoms with Crippen molar-refractivity contribution in [1.29, 1.82) is 0 Å². The van der Waals surface area contributed by atoms with E-state index in [-0.39, 0.29) is 23.7 Å². The second kappa shape index (κ2) is 7.20. The Morgan fingerprint density at radius 2 is 2.15 bits per heavy atom. The summed E-state index contributed by atoms with van der Waals surface area (Å²) in [7, 11) is 2.77. The maximum absolute atomic E-state index is 12.9. The van der Waals surface area contributed by atoms with E-state index in [0.717, 1.165) is 5.06 Å². The molecule has 2 heterocycles. The highest BCUT2D eigenvalue weighted by molar-refractivity contribution is 6.31. The number of anilines is 1. The van der Waals surface area contributed by atoms with Crippen LogP contribution in [-0.4, -0.2) is 41.1 Å². The first kappa shape index (κ1) is 18.0. The van der Waals surface area contributed by atoms with Crippen molar-refractivity contribution >= 4 is 40.0 Å². The number of hydrogen-bond donors (Lipinski definition) is 3. The summed E-state index contributed by atoms with van der Waals surface area (Å²) in [5.41, 5.74) is 1.27. The second-order valence-electron chi connectivity index (χ2n) is 5.44. The molecule has 0 radical (unpaired) electrons. The van der Waals surface area contributed by atoms with Crippen LogP contribution in [0.5, 0.6) is 0 Å². The Hall–Kier alpha value is -2.81. The SMILES string of the molecule is CON(C)C(=O)Nc1c(C(=O)c2occc2CO)[nH]c2cc(Cl)ccc12. The Labute approximate surface area is 153 Å². The third kappa shape index (κ3) is 3.17. The van der Waals surface area contributed by atoms with E-state index in [0.29, 0.717) is 21.5 Å². The maximum Gasteiger partial charge on any atom is 0.345 e. The van der Waals surface area contributed by atoms with Crippen molar-refractivity contribution in [3.8, 4) is 0 Å². The van der Waals surface area contributed by atoms with Crippen molar-refractivity contribution in [1.82, 2.24) is 10.0 Å². The lowest BCUT2D eigenvalue weighted by molar-refractivity contribution is -0.0598. The number of carbonyl (C=O) groups excluding carboxylic acids is 2. The molecule has 0 bridgehead atoms. The monoisotopic (exact) mass is 377 g/mol. The second-order valence-corrected chi connectivity index (χ2v) is 5.87. The van der Waals surface area contributed by atoms with Crippen LogP contribution in [0.25, 0.3) is 10.9 Å². The largest absolute Gasteiger partial charge is 0.460 e. The molecule has 1 aromatic carbocycles. The molecular formula is C17H16ClN3O5. The highest BCUT2D eigenvalue weighted by Crippen LogP contribution is 2.32. The number of urea groups is 1. The third-order valence-electron chi connectivity index (χ3n) is 3.90. The molecule has 3 aromatic rings. The number of H-pyrrole nitrogens is 1. The Balaban J connectivity index is 2.13. The predicted molar refractivity (Wildman–Crippen MR) is 95.2 cm³/mol. The third-order valence-corrected chi connectivity index (χ3v) is 4.14. The number of amides is 2. The summed E-state index contributed by atoms with van der Waals surface area (Å²) in [6.07, 6.45) is 1.31. The number of aliphatic hydroxyl groups is 1. The topological polar surface area (TPSA) is 108 Å². The zero-order chi connectivity index (χ0) is 18.8. The Kier molecular flexibility index (Phi) is 4.99. The van der Waals surface area contributed by atoms with Gasteiger partial charge in [-0.2, -0.15) is 0 Å². The maximum atomic E-state index is 12.9. The van der Waals surface area contributed by atoms with Crippen molar-refractivity contribution < 1.29 is 24.0 Å². The van der Waals surface area contributed by atoms with E-state index in [2.05, 4.69) is 10.3 Å². The van der Waals surface area contributed by atoms with Gasteiger partial charge in [0.15, 0.2) is 5.76 Å². The van der Waals surface area contributed by atoms with Gasteiger partial charge in [0, 0.05) is 28.5 Å². The van der Waals surface area contributed by atoms with Gasteiger partial charge in [-0.15, -0.1) is 0 Å². The molecule has 8 nitrogen and oxygen atoms in total. The van der Waals surface area contributed by atoms with Crippen molar-refractivity contribution in [2.24, 2.45) is 0 Å². The molecule has 136 valence electrons. The van der Waals surface area contributed by atoms with Crippen LogP contribution >= 0.6 is 11.6 Å². The van der Waals surface area contributed by atoms with Gasteiger partial charge in [-0.3, -0.25) is 9.63 Å². The first-order valence-electron chi connectivity index (χ1n) is 7.58. The van der Waals surface area contributed by atoms with E-state index in [1.165, 1.54) is 26.5 Å². The Bertz CT molecular complexity index is 978. The summed E-state index contributed by atoms with van der Waals surface area (Å²) >= 11 is 6.01. The number of aromatic amines is 1. The van der Waals surface area contributed by atoms with Crippen LogP contribution in [-0.2, 0) is 11.4 Å². The van der Waals surface area contributed by atoms with E-state index < -0.39 is 11.8 Å². The lowest BCUT2D eigenvalue weighted by Gasteiger charge is -2.15. The van der Waals surface area contributed by atoms with Crippen LogP contribution in [0.15, 0.2) is 34.9 Å². The summed E-state index contributed by atoms with van der Waals surface area (Å²) in [6, 6.07) is 5.90. The van der Waals surface area contributed by atoms with E-state index in [1.54, 1.807) is 18.2 Å². The van der Waals surface area contributed by atoms with Crippen LogP contribution in [0.3, 0.4) is 0 Å². The summed E-state index contributed by atoms with van der Waals surface area (Å²) in [5, 5.41) is 14.1. The highest BCUT2D eigenvalue weighted by Gasteiger charge is 2.25. The van der Waals surface area contributed by atoms with Crippen LogP contribution < -0.4 is 5.32 Å². The first-order chi connectivity index (χ1) is 12.5. The molecule has 2 aromatic heterocycles. The molecule has 0 saturated carbocycles. The number of aliphatic hydroxyl groups excluding tert-OH is 1. The van der Waals surface area contributed by atoms with Gasteiger partial charge < -0.3 is 19.8 Å². The molecule has 26 heavy (non-hydrogen) atoms. The van der Waals surface area contributed by atoms with Gasteiger partial charge in [0.2, 0.25) is 5.78 Å². The molecule has 3 N–H and O–H groups in total. The fourth-order valence-corrected chi connectivity index (χ4v) is 2.68. The summed E-state index contributed by atoms with van der Waals surface area (Å²) in [6.45, 7) is -0.349. The molecule has 3 rings (SSSR count). The van der Waals surface area contributed by atoms with Crippen LogP contribution in [0.1, 0.15) is 21.8 Å². The molecule has 0 aliphatic rings. The van der Waals surface area contributed by atoms with Gasteiger partial charge in [0.25, 0.3) is 0 Å². The fraction of sp³-hybridized carbons (Fsp3) is 0.176. The number of hydrogen-bond acceptors (Lipinski definition) is 5. The van der Waals surface area contributed by atoms with Gasteiger partial charge in [0.1, 0.15) is 5.69 Å². The molecule has 9 heteroatoms. The minimum Gasteiger partial charge on any atom is -0.460 e. The van der Waals surface area contributed by atoms with Crippen LogP contribution in [0.2, 0.25) is 5.02 Å². The number of benzene rings is 1. The number of fused-ring (bicyclic) bond motifs is 1. The minimum absolute atomic E-state index is 0.0132. The molecule has 0 aliphatic carbocycles. The normalized spacial score (nSPS) is 10.9. The number of aromatic nitrogens is 1. The fourth-order valence-electron chi connectivity index (χ4n) is 2.51. The number of rotatable bonds is 5. The quantitative estimate of drug-likeness (QED) is 0.467. The smallest absolute Gasteiger partial charge is 0.345 e. The van der Waals surface area contributed by atoms with Crippen molar-refractivity contribution in [3.63, 3.8) is 0 Å². The van der Waals surface area contributed by atoms with Crippen molar-refractivity contribution in [3.05, 3.63) is 52.6 Å². The average Bonchev–Trinajstić information content (AvgIpc) is 3.24. The number of nitrogens with zero attached hydrogens (tertiary/aromatic N) is 1. The Morgan fingerprint density at radius 3 is 2.85 bits per heavy atom. The lowest BCUT2D eigenvalue weighted by Crippen LogP contribution is -2.30. The number of furan rings is 1. The summed E-state index contributed by atoms with van der Waals surface area (Å²) in [4.78, 5) is 32.9. The number of hydroxylamine groups is 2. The van der Waals surface area contributed by atoms with Gasteiger partial charge >= 0.3 is 6.03 Å². The van der Waals surface area contributed by atoms with Gasteiger partial charge in [0.05, 0.1) is 25.7 Å². The number of carbonyl (C=O) groups is 2. The van der Waals surface area contributed by atoms with Crippen LogP contribution in [0, 0.1) is 0 Å². The average molecular weight is 378 g/mol. The van der Waals surface area contributed by atoms with Gasteiger partial charge in [-0.1, -0.05) is 11.6 Å². The van der Waals surface area contributed by atoms with Gasteiger partial charge in [-0.25, -0.2) is 9.86 Å². The number of ketones is 1. The van der Waals surface area contributed by atoms with E-state index >= 15 is 0 Å². The van der Waals surface area contributed by atoms with E-state index in [4.69, 9.17) is 20.9 Å². The van der Waals surface area contributed by atoms with Gasteiger partial charge in [-0.05, 0) is 24.3 Å². The minimum atomic E-state index is -0.570. The predicted octanol–water partition coefficient (Wildman–Crippen LogP) is 3.16. The molecule has 0 unspecified atom stereocenters. The highest BCUT2D eigenvalue weighted by atomic mass is 35.5. The molecule has 0 atom stereocenters. The molecule has 0 saturated heterocycles. The Morgan fingerprint density at radius 1 is 1.38 bits per heavy atom. The molecule has 0 fully saturated rings. The molecule has 2 amide bonds. The van der Waals surface area contributed by atoms with Crippen LogP contribution in [0.4, 0.5) is 10.5 Å². The molecular weight excluding hydrogens is 362 g/mol. The molecule has 0 aliphatic heterocycles. The van der Waals surface area contributed by atoms with Crippen molar-refractivity contribution in [2.45, 2.75) is 6.61 Å². The van der Waals surface area contributed by atoms with E-state index in [9.17, 15) is 14.7 Å². The summed E-state index contributed by atoms with van der Waals surface area (Å²) in [5.74, 6) is -0.525. The lowest BCUT2D eigenvalue weighted by atomic mass is 10.1. The standard InChI is InChI=1S/C17H16ClN3O5/c1-21(25-2)17(24)20-13-11-4-3-10(18)7-12(11)19-14(13)15(23)16-9(8-22)5-6-26-16/h3-7,19,22H,8H2,1-2H3,(H,20,24). The zero-order valence-corrected chi connectivity index (χ0v) is 14.8. The first-order valence-corrected chi connectivity index (χ1v) is 7.96. The zero-order valence-electron chi connectivity index (χ0n) is 14.0. The summed E-state index contributed by atoms with van der Waals surface area (Å²) < 4.78 is 5.22. The number of nitrogens with one attached hydrogen (secondary N) is 2. The number of halogens is 1.